The average Bonchev–Trinajstić information content (AvgIpc) is 2.17. The number of carbonyl (C=O) groups excluding carboxylic acids is 1. The monoisotopic (exact) mass is 184 g/mol. The second-order valence-electron chi connectivity index (χ2n) is 3.74. The summed E-state index contributed by atoms with van der Waals surface area (Å²) >= 11 is 0. The van der Waals surface area contributed by atoms with Crippen LogP contribution < -0.4 is 10.6 Å². The van der Waals surface area contributed by atoms with Crippen LogP contribution in [0.4, 0.5) is 0 Å². The molecule has 0 aromatic carbocycles. The molecule has 13 heavy (non-hydrogen) atoms. The van der Waals surface area contributed by atoms with Gasteiger partial charge in [-0.05, 0) is 32.4 Å². The molecule has 3 heteroatoms. The zero-order valence-corrected chi connectivity index (χ0v) is 8.44. The predicted molar refractivity (Wildman–Crippen MR) is 53.6 cm³/mol. The van der Waals surface area contributed by atoms with E-state index < -0.39 is 0 Å². The molecule has 0 aliphatic carbocycles. The number of nitrogens with one attached hydrogen (secondary N) is 2. The number of hydrogen-bond donors (Lipinski definition) is 2. The Morgan fingerprint density at radius 2 is 2.00 bits per heavy atom. The van der Waals surface area contributed by atoms with Gasteiger partial charge in [0.15, 0.2) is 0 Å². The zero-order chi connectivity index (χ0) is 9.57. The minimum Gasteiger partial charge on any atom is -0.303 e. The highest BCUT2D eigenvalue weighted by Crippen LogP contribution is 2.18. The smallest absolute Gasteiger partial charge is 0.120 e. The van der Waals surface area contributed by atoms with Crippen molar-refractivity contribution in [3.63, 3.8) is 0 Å². The van der Waals surface area contributed by atoms with Gasteiger partial charge in [-0.15, -0.1) is 0 Å². The molecular formula is C10H20N2O. The van der Waals surface area contributed by atoms with Crippen molar-refractivity contribution < 1.29 is 4.79 Å². The SMILES string of the molecule is CCCC1(CCC=O)NCCCN1. The van der Waals surface area contributed by atoms with E-state index in [9.17, 15) is 4.79 Å². The molecule has 2 N–H and O–H groups in total. The molecule has 0 aromatic rings. The lowest BCUT2D eigenvalue weighted by atomic mass is 9.96. The van der Waals surface area contributed by atoms with Gasteiger partial charge in [0.05, 0.1) is 5.66 Å². The van der Waals surface area contributed by atoms with Crippen molar-refractivity contribution in [1.82, 2.24) is 10.6 Å². The van der Waals surface area contributed by atoms with E-state index in [2.05, 4.69) is 17.6 Å². The molecule has 3 nitrogen and oxygen atoms in total. The molecular weight excluding hydrogens is 164 g/mol. The van der Waals surface area contributed by atoms with E-state index in [1.165, 1.54) is 6.42 Å². The highest BCUT2D eigenvalue weighted by atomic mass is 16.1. The Morgan fingerprint density at radius 3 is 2.54 bits per heavy atom. The average molecular weight is 184 g/mol. The maximum Gasteiger partial charge on any atom is 0.120 e. The van der Waals surface area contributed by atoms with Crippen molar-refractivity contribution in [3.05, 3.63) is 0 Å². The third kappa shape index (κ3) is 3.08. The van der Waals surface area contributed by atoms with Gasteiger partial charge in [-0.25, -0.2) is 0 Å². The van der Waals surface area contributed by atoms with Crippen molar-refractivity contribution in [2.45, 2.75) is 44.7 Å². The first-order valence-electron chi connectivity index (χ1n) is 5.27. The number of aldehydes is 1. The zero-order valence-electron chi connectivity index (χ0n) is 8.44. The molecule has 0 aromatic heterocycles. The molecule has 0 atom stereocenters. The van der Waals surface area contributed by atoms with E-state index in [-0.39, 0.29) is 5.66 Å². The molecule has 1 fully saturated rings. The van der Waals surface area contributed by atoms with Crippen molar-refractivity contribution in [2.24, 2.45) is 0 Å². The molecule has 0 spiro atoms. The highest BCUT2D eigenvalue weighted by Gasteiger charge is 2.29. The third-order valence-corrected chi connectivity index (χ3v) is 2.65. The van der Waals surface area contributed by atoms with E-state index in [0.29, 0.717) is 6.42 Å². The van der Waals surface area contributed by atoms with Gasteiger partial charge in [-0.3, -0.25) is 10.6 Å². The Morgan fingerprint density at radius 1 is 1.31 bits per heavy atom. The second-order valence-corrected chi connectivity index (χ2v) is 3.74. The highest BCUT2D eigenvalue weighted by molar-refractivity contribution is 5.49. The molecule has 1 aliphatic rings. The van der Waals surface area contributed by atoms with E-state index in [0.717, 1.165) is 38.6 Å². The van der Waals surface area contributed by atoms with Crippen molar-refractivity contribution in [1.29, 1.82) is 0 Å². The number of carbonyl (C=O) groups is 1. The molecule has 1 heterocycles. The van der Waals surface area contributed by atoms with Gasteiger partial charge in [-0.1, -0.05) is 13.3 Å². The first-order chi connectivity index (χ1) is 6.33. The van der Waals surface area contributed by atoms with Gasteiger partial charge in [0, 0.05) is 6.42 Å². The summed E-state index contributed by atoms with van der Waals surface area (Å²) in [5.74, 6) is 0. The topological polar surface area (TPSA) is 41.1 Å². The maximum absolute atomic E-state index is 10.3. The van der Waals surface area contributed by atoms with Gasteiger partial charge in [-0.2, -0.15) is 0 Å². The fraction of sp³-hybridized carbons (Fsp3) is 0.900. The Hall–Kier alpha value is -0.410. The van der Waals surface area contributed by atoms with E-state index in [1.807, 2.05) is 0 Å². The molecule has 0 radical (unpaired) electrons. The van der Waals surface area contributed by atoms with E-state index in [1.54, 1.807) is 0 Å². The molecule has 0 unspecified atom stereocenters. The standard InChI is InChI=1S/C10H20N2O/c1-2-5-10(6-3-9-13)11-7-4-8-12-10/h9,11-12H,2-8H2,1H3. The summed E-state index contributed by atoms with van der Waals surface area (Å²) < 4.78 is 0. The van der Waals surface area contributed by atoms with Crippen molar-refractivity contribution in [3.8, 4) is 0 Å². The van der Waals surface area contributed by atoms with Crippen LogP contribution in [-0.2, 0) is 4.79 Å². The maximum atomic E-state index is 10.3. The molecule has 1 aliphatic heterocycles. The molecule has 0 bridgehead atoms. The van der Waals surface area contributed by atoms with Crippen LogP contribution in [0.1, 0.15) is 39.0 Å². The molecule has 0 amide bonds. The summed E-state index contributed by atoms with van der Waals surface area (Å²) in [7, 11) is 0. The summed E-state index contributed by atoms with van der Waals surface area (Å²) in [6, 6.07) is 0. The predicted octanol–water partition coefficient (Wildman–Crippen LogP) is 1.04. The van der Waals surface area contributed by atoms with Crippen LogP contribution in [0.3, 0.4) is 0 Å². The lowest BCUT2D eigenvalue weighted by molar-refractivity contribution is -0.108. The summed E-state index contributed by atoms with van der Waals surface area (Å²) in [6.45, 7) is 4.33. The summed E-state index contributed by atoms with van der Waals surface area (Å²) in [4.78, 5) is 10.3. The summed E-state index contributed by atoms with van der Waals surface area (Å²) in [6.07, 6.45) is 6.03. The van der Waals surface area contributed by atoms with Gasteiger partial charge >= 0.3 is 0 Å². The summed E-state index contributed by atoms with van der Waals surface area (Å²) in [5, 5.41) is 7.00. The van der Waals surface area contributed by atoms with Crippen molar-refractivity contribution in [2.75, 3.05) is 13.1 Å². The second kappa shape index (κ2) is 5.35. The van der Waals surface area contributed by atoms with Gasteiger partial charge in [0.25, 0.3) is 0 Å². The Kier molecular flexibility index (Phi) is 4.39. The first-order valence-corrected chi connectivity index (χ1v) is 5.27. The van der Waals surface area contributed by atoms with Crippen LogP contribution in [0, 0.1) is 0 Å². The fourth-order valence-electron chi connectivity index (χ4n) is 2.02. The Bertz CT molecular complexity index is 147. The normalized spacial score (nSPS) is 21.3. The van der Waals surface area contributed by atoms with E-state index >= 15 is 0 Å². The minimum absolute atomic E-state index is 0.0495. The Balaban J connectivity index is 2.44. The third-order valence-electron chi connectivity index (χ3n) is 2.65. The van der Waals surface area contributed by atoms with Crippen LogP contribution in [0.5, 0.6) is 0 Å². The van der Waals surface area contributed by atoms with E-state index in [4.69, 9.17) is 0 Å². The van der Waals surface area contributed by atoms with Crippen LogP contribution in [0.15, 0.2) is 0 Å². The number of hydrogen-bond acceptors (Lipinski definition) is 3. The number of rotatable bonds is 5. The van der Waals surface area contributed by atoms with Gasteiger partial charge in [0.1, 0.15) is 6.29 Å². The largest absolute Gasteiger partial charge is 0.303 e. The lowest BCUT2D eigenvalue weighted by Gasteiger charge is -2.39. The first kappa shape index (κ1) is 10.7. The molecule has 0 saturated carbocycles. The van der Waals surface area contributed by atoms with Crippen LogP contribution >= 0.6 is 0 Å². The molecule has 1 rings (SSSR count). The van der Waals surface area contributed by atoms with Gasteiger partial charge in [0.2, 0.25) is 0 Å². The van der Waals surface area contributed by atoms with Gasteiger partial charge < -0.3 is 4.79 Å². The van der Waals surface area contributed by atoms with Crippen LogP contribution in [0.25, 0.3) is 0 Å². The van der Waals surface area contributed by atoms with Crippen LogP contribution in [-0.4, -0.2) is 25.0 Å². The molecule has 1 saturated heterocycles. The summed E-state index contributed by atoms with van der Waals surface area (Å²) in [5.41, 5.74) is 0.0495. The molecule has 76 valence electrons. The fourth-order valence-corrected chi connectivity index (χ4v) is 2.02. The minimum atomic E-state index is 0.0495. The Labute approximate surface area is 80.3 Å². The lowest BCUT2D eigenvalue weighted by Crippen LogP contribution is -2.60. The van der Waals surface area contributed by atoms with Crippen LogP contribution in [0.2, 0.25) is 0 Å². The van der Waals surface area contributed by atoms with Crippen molar-refractivity contribution >= 4 is 6.29 Å². The quantitative estimate of drug-likeness (QED) is 0.627.